The first-order valence-corrected chi connectivity index (χ1v) is 4.78. The molecule has 0 aliphatic rings. The molecule has 0 unspecified atom stereocenters. The second-order valence-electron chi connectivity index (χ2n) is 3.11. The number of aromatic nitrogens is 3. The molecule has 1 N–H and O–H groups in total. The summed E-state index contributed by atoms with van der Waals surface area (Å²) in [6, 6.07) is 0. The average molecular weight is 242 g/mol. The van der Waals surface area contributed by atoms with Crippen LogP contribution in [0, 0.1) is 0 Å². The zero-order valence-corrected chi connectivity index (χ0v) is 9.10. The van der Waals surface area contributed by atoms with E-state index in [9.17, 15) is 4.79 Å². The van der Waals surface area contributed by atoms with Gasteiger partial charge in [-0.25, -0.2) is 4.98 Å². The lowest BCUT2D eigenvalue weighted by Gasteiger charge is -2.00. The standard InChI is InChI=1S/C9H8ClN3O3/c1-16-9-8-11-5(2-7(14)15)3-13(8)4-6(10)12-9/h3-4H,2H2,1H3,(H,14,15). The molecule has 7 heteroatoms. The first-order chi connectivity index (χ1) is 7.60. The van der Waals surface area contributed by atoms with Crippen molar-refractivity contribution >= 4 is 23.2 Å². The number of ether oxygens (including phenoxy) is 1. The smallest absolute Gasteiger partial charge is 0.309 e. The molecule has 2 aromatic rings. The predicted molar refractivity (Wildman–Crippen MR) is 55.9 cm³/mol. The Morgan fingerprint density at radius 2 is 2.31 bits per heavy atom. The van der Waals surface area contributed by atoms with Crippen LogP contribution >= 0.6 is 11.6 Å². The Morgan fingerprint density at radius 1 is 1.56 bits per heavy atom. The van der Waals surface area contributed by atoms with E-state index in [-0.39, 0.29) is 17.5 Å². The van der Waals surface area contributed by atoms with Crippen LogP contribution in [0.1, 0.15) is 5.69 Å². The van der Waals surface area contributed by atoms with Gasteiger partial charge in [-0.1, -0.05) is 11.6 Å². The fourth-order valence-electron chi connectivity index (χ4n) is 1.37. The summed E-state index contributed by atoms with van der Waals surface area (Å²) < 4.78 is 6.59. The van der Waals surface area contributed by atoms with Crippen molar-refractivity contribution < 1.29 is 14.6 Å². The summed E-state index contributed by atoms with van der Waals surface area (Å²) in [4.78, 5) is 18.6. The van der Waals surface area contributed by atoms with Crippen LogP contribution in [-0.2, 0) is 11.2 Å². The maximum absolute atomic E-state index is 10.5. The number of hydrogen-bond acceptors (Lipinski definition) is 4. The molecule has 2 aromatic heterocycles. The van der Waals surface area contributed by atoms with Gasteiger partial charge in [0.05, 0.1) is 19.2 Å². The molecule has 0 spiro atoms. The number of halogens is 1. The normalized spacial score (nSPS) is 10.6. The van der Waals surface area contributed by atoms with Gasteiger partial charge in [-0.15, -0.1) is 0 Å². The Labute approximate surface area is 95.5 Å². The summed E-state index contributed by atoms with van der Waals surface area (Å²) >= 11 is 5.76. The van der Waals surface area contributed by atoms with Crippen molar-refractivity contribution in [3.05, 3.63) is 23.2 Å². The average Bonchev–Trinajstić information content (AvgIpc) is 2.57. The molecule has 0 saturated carbocycles. The Hall–Kier alpha value is -1.82. The number of carboxylic acids is 1. The molecule has 6 nitrogen and oxygen atoms in total. The summed E-state index contributed by atoms with van der Waals surface area (Å²) in [5, 5.41) is 8.90. The van der Waals surface area contributed by atoms with E-state index in [1.54, 1.807) is 10.6 Å². The lowest BCUT2D eigenvalue weighted by Crippen LogP contribution is -1.99. The van der Waals surface area contributed by atoms with E-state index in [2.05, 4.69) is 9.97 Å². The molecule has 0 saturated heterocycles. The summed E-state index contributed by atoms with van der Waals surface area (Å²) in [7, 11) is 1.45. The van der Waals surface area contributed by atoms with Crippen molar-refractivity contribution in [2.75, 3.05) is 7.11 Å². The number of rotatable bonds is 3. The van der Waals surface area contributed by atoms with Crippen molar-refractivity contribution in [2.45, 2.75) is 6.42 Å². The molecule has 0 aromatic carbocycles. The predicted octanol–water partition coefficient (Wildman–Crippen LogP) is 1.02. The monoisotopic (exact) mass is 241 g/mol. The molecule has 0 fully saturated rings. The van der Waals surface area contributed by atoms with Gasteiger partial charge < -0.3 is 9.84 Å². The van der Waals surface area contributed by atoms with E-state index in [4.69, 9.17) is 21.4 Å². The molecule has 0 aliphatic heterocycles. The molecule has 84 valence electrons. The van der Waals surface area contributed by atoms with E-state index in [0.29, 0.717) is 11.3 Å². The minimum atomic E-state index is -0.943. The molecular formula is C9H8ClN3O3. The van der Waals surface area contributed by atoms with E-state index < -0.39 is 5.97 Å². The first-order valence-electron chi connectivity index (χ1n) is 4.40. The zero-order valence-electron chi connectivity index (χ0n) is 8.35. The first kappa shape index (κ1) is 10.7. The Kier molecular flexibility index (Phi) is 2.66. The summed E-state index contributed by atoms with van der Waals surface area (Å²) in [6.07, 6.45) is 2.97. The third kappa shape index (κ3) is 1.92. The van der Waals surface area contributed by atoms with Crippen LogP contribution in [0.4, 0.5) is 0 Å². The third-order valence-corrected chi connectivity index (χ3v) is 2.14. The van der Waals surface area contributed by atoms with Gasteiger partial charge in [-0.3, -0.25) is 9.20 Å². The van der Waals surface area contributed by atoms with Gasteiger partial charge in [0.15, 0.2) is 0 Å². The fraction of sp³-hybridized carbons (Fsp3) is 0.222. The van der Waals surface area contributed by atoms with Gasteiger partial charge in [-0.05, 0) is 0 Å². The van der Waals surface area contributed by atoms with E-state index in [0.717, 1.165) is 0 Å². The maximum atomic E-state index is 10.5. The number of methoxy groups -OCH3 is 1. The highest BCUT2D eigenvalue weighted by Gasteiger charge is 2.11. The fourth-order valence-corrected chi connectivity index (χ4v) is 1.55. The highest BCUT2D eigenvalue weighted by atomic mass is 35.5. The van der Waals surface area contributed by atoms with Gasteiger partial charge in [0.2, 0.25) is 5.65 Å². The van der Waals surface area contributed by atoms with Crippen LogP contribution < -0.4 is 4.74 Å². The van der Waals surface area contributed by atoms with Crippen molar-refractivity contribution in [2.24, 2.45) is 0 Å². The quantitative estimate of drug-likeness (QED) is 0.868. The Morgan fingerprint density at radius 3 is 2.94 bits per heavy atom. The van der Waals surface area contributed by atoms with Crippen molar-refractivity contribution in [3.8, 4) is 5.88 Å². The van der Waals surface area contributed by atoms with Crippen molar-refractivity contribution in [3.63, 3.8) is 0 Å². The lowest BCUT2D eigenvalue weighted by atomic mass is 10.3. The lowest BCUT2D eigenvalue weighted by molar-refractivity contribution is -0.136. The molecule has 0 radical (unpaired) electrons. The number of nitrogens with zero attached hydrogens (tertiary/aromatic N) is 3. The molecule has 2 rings (SSSR count). The van der Waals surface area contributed by atoms with Gasteiger partial charge in [0, 0.05) is 12.4 Å². The van der Waals surface area contributed by atoms with Gasteiger partial charge in [0.1, 0.15) is 5.15 Å². The number of aliphatic carboxylic acids is 1. The number of imidazole rings is 1. The minimum Gasteiger partial charge on any atom is -0.481 e. The van der Waals surface area contributed by atoms with E-state index in [1.165, 1.54) is 13.3 Å². The number of carboxylic acid groups (broad SMARTS) is 1. The summed E-state index contributed by atoms with van der Waals surface area (Å²) in [5.41, 5.74) is 0.873. The van der Waals surface area contributed by atoms with Crippen molar-refractivity contribution in [1.82, 2.24) is 14.4 Å². The van der Waals surface area contributed by atoms with E-state index >= 15 is 0 Å². The second-order valence-corrected chi connectivity index (χ2v) is 3.49. The maximum Gasteiger partial charge on any atom is 0.309 e. The van der Waals surface area contributed by atoms with Crippen LogP contribution in [-0.4, -0.2) is 32.6 Å². The largest absolute Gasteiger partial charge is 0.481 e. The molecule has 0 amide bonds. The third-order valence-electron chi connectivity index (χ3n) is 1.95. The molecule has 0 bridgehead atoms. The molecule has 2 heterocycles. The Balaban J connectivity index is 2.55. The number of carbonyl (C=O) groups is 1. The second kappa shape index (κ2) is 3.97. The topological polar surface area (TPSA) is 76.7 Å². The van der Waals surface area contributed by atoms with Gasteiger partial charge in [-0.2, -0.15) is 4.98 Å². The highest BCUT2D eigenvalue weighted by Crippen LogP contribution is 2.19. The molecule has 0 atom stereocenters. The number of hydrogen-bond donors (Lipinski definition) is 1. The molecule has 16 heavy (non-hydrogen) atoms. The van der Waals surface area contributed by atoms with E-state index in [1.807, 2.05) is 0 Å². The van der Waals surface area contributed by atoms with Crippen LogP contribution in [0.25, 0.3) is 5.65 Å². The minimum absolute atomic E-state index is 0.150. The summed E-state index contributed by atoms with van der Waals surface area (Å²) in [5.74, 6) is -0.675. The molecular weight excluding hydrogens is 234 g/mol. The van der Waals surface area contributed by atoms with Crippen LogP contribution in [0.3, 0.4) is 0 Å². The molecule has 0 aliphatic carbocycles. The van der Waals surface area contributed by atoms with Crippen LogP contribution in [0.2, 0.25) is 5.15 Å². The number of fused-ring (bicyclic) bond motifs is 1. The van der Waals surface area contributed by atoms with Crippen molar-refractivity contribution in [1.29, 1.82) is 0 Å². The SMILES string of the molecule is COc1nc(Cl)cn2cc(CC(=O)O)nc12. The highest BCUT2D eigenvalue weighted by molar-refractivity contribution is 6.29. The Bertz CT molecular complexity index is 552. The van der Waals surface area contributed by atoms with Gasteiger partial charge >= 0.3 is 5.97 Å². The zero-order chi connectivity index (χ0) is 11.7. The van der Waals surface area contributed by atoms with Crippen LogP contribution in [0.15, 0.2) is 12.4 Å². The van der Waals surface area contributed by atoms with Gasteiger partial charge in [0.25, 0.3) is 5.88 Å². The summed E-state index contributed by atoms with van der Waals surface area (Å²) in [6.45, 7) is 0. The van der Waals surface area contributed by atoms with Crippen LogP contribution in [0.5, 0.6) is 5.88 Å².